The molecule has 0 aliphatic carbocycles. The normalized spacial score (nSPS) is 11.3. The third kappa shape index (κ3) is 2.42. The number of rotatable bonds is 5. The second-order valence-electron chi connectivity index (χ2n) is 4.77. The fraction of sp³-hybridized carbons (Fsp3) is 0.357. The van der Waals surface area contributed by atoms with E-state index in [1.165, 1.54) is 21.3 Å². The van der Waals surface area contributed by atoms with Gasteiger partial charge in [0.1, 0.15) is 0 Å². The van der Waals surface area contributed by atoms with Gasteiger partial charge in [0.15, 0.2) is 5.82 Å². The van der Waals surface area contributed by atoms with E-state index in [0.717, 1.165) is 18.9 Å². The topological polar surface area (TPSA) is 60.6 Å². The number of fused-ring (bicyclic) bond motifs is 1. The molecule has 2 heterocycles. The number of para-hydroxylation sites is 1. The highest BCUT2D eigenvalue weighted by atomic mass is 15.6. The van der Waals surface area contributed by atoms with E-state index >= 15 is 0 Å². The molecule has 0 unspecified atom stereocenters. The minimum atomic E-state index is 0.639. The van der Waals surface area contributed by atoms with Gasteiger partial charge in [0.05, 0.1) is 13.6 Å². The van der Waals surface area contributed by atoms with Crippen LogP contribution in [0.25, 0.3) is 10.9 Å². The van der Waals surface area contributed by atoms with Crippen molar-refractivity contribution in [1.82, 2.24) is 30.1 Å². The molecule has 0 aliphatic rings. The van der Waals surface area contributed by atoms with Crippen LogP contribution in [0.2, 0.25) is 0 Å². The Morgan fingerprint density at radius 3 is 2.85 bits per heavy atom. The largest absolute Gasteiger partial charge is 0.339 e. The molecule has 2 aromatic heterocycles. The molecule has 0 bridgehead atoms. The van der Waals surface area contributed by atoms with Crippen LogP contribution in [0.5, 0.6) is 0 Å². The standard InChI is InChI=1S/C14H18N6/c1-3-15-8-11-9-20(10-14-16-18-19(2)17-14)13-7-5-4-6-12(11)13/h4-7,9,15H,3,8,10H2,1-2H3. The monoisotopic (exact) mass is 270 g/mol. The van der Waals surface area contributed by atoms with Gasteiger partial charge in [-0.3, -0.25) is 0 Å². The van der Waals surface area contributed by atoms with Crippen molar-refractivity contribution < 1.29 is 0 Å². The summed E-state index contributed by atoms with van der Waals surface area (Å²) in [4.78, 5) is 1.49. The Morgan fingerprint density at radius 2 is 2.10 bits per heavy atom. The maximum atomic E-state index is 4.24. The van der Waals surface area contributed by atoms with E-state index in [4.69, 9.17) is 0 Å². The molecule has 6 heteroatoms. The summed E-state index contributed by atoms with van der Waals surface area (Å²) >= 11 is 0. The SMILES string of the molecule is CCNCc1cn(Cc2nnn(C)n2)c2ccccc12. The number of nitrogens with zero attached hydrogens (tertiary/aromatic N) is 5. The van der Waals surface area contributed by atoms with Crippen molar-refractivity contribution >= 4 is 10.9 Å². The van der Waals surface area contributed by atoms with E-state index in [1.807, 2.05) is 0 Å². The number of aromatic nitrogens is 5. The van der Waals surface area contributed by atoms with Crippen molar-refractivity contribution in [2.24, 2.45) is 7.05 Å². The summed E-state index contributed by atoms with van der Waals surface area (Å²) in [5.74, 6) is 0.725. The molecule has 1 N–H and O–H groups in total. The number of tetrazole rings is 1. The predicted octanol–water partition coefficient (Wildman–Crippen LogP) is 1.32. The fourth-order valence-electron chi connectivity index (χ4n) is 2.39. The van der Waals surface area contributed by atoms with Gasteiger partial charge < -0.3 is 9.88 Å². The van der Waals surface area contributed by atoms with Gasteiger partial charge in [0.2, 0.25) is 0 Å². The summed E-state index contributed by atoms with van der Waals surface area (Å²) in [6.45, 7) is 4.59. The molecule has 0 aliphatic heterocycles. The first-order valence-electron chi connectivity index (χ1n) is 6.78. The van der Waals surface area contributed by atoms with Gasteiger partial charge in [-0.2, -0.15) is 4.80 Å². The fourth-order valence-corrected chi connectivity index (χ4v) is 2.39. The lowest BCUT2D eigenvalue weighted by molar-refractivity contribution is 0.625. The molecule has 0 fully saturated rings. The van der Waals surface area contributed by atoms with E-state index in [0.29, 0.717) is 6.54 Å². The van der Waals surface area contributed by atoms with Gasteiger partial charge in [-0.15, -0.1) is 10.2 Å². The van der Waals surface area contributed by atoms with Gasteiger partial charge in [-0.1, -0.05) is 25.1 Å². The average molecular weight is 270 g/mol. The first-order chi connectivity index (χ1) is 9.78. The lowest BCUT2D eigenvalue weighted by Crippen LogP contribution is -2.11. The minimum Gasteiger partial charge on any atom is -0.339 e. The van der Waals surface area contributed by atoms with Crippen LogP contribution in [0.4, 0.5) is 0 Å². The summed E-state index contributed by atoms with van der Waals surface area (Å²) in [6, 6.07) is 8.41. The van der Waals surface area contributed by atoms with Gasteiger partial charge in [0.25, 0.3) is 0 Å². The zero-order chi connectivity index (χ0) is 13.9. The number of nitrogens with one attached hydrogen (secondary N) is 1. The molecule has 0 amide bonds. The summed E-state index contributed by atoms with van der Waals surface area (Å²) in [5.41, 5.74) is 2.50. The van der Waals surface area contributed by atoms with Crippen LogP contribution in [0, 0.1) is 0 Å². The van der Waals surface area contributed by atoms with Crippen LogP contribution in [0.1, 0.15) is 18.3 Å². The van der Waals surface area contributed by atoms with E-state index < -0.39 is 0 Å². The van der Waals surface area contributed by atoms with E-state index in [1.54, 1.807) is 7.05 Å². The predicted molar refractivity (Wildman–Crippen MR) is 77.2 cm³/mol. The van der Waals surface area contributed by atoms with Gasteiger partial charge >= 0.3 is 0 Å². The highest BCUT2D eigenvalue weighted by Crippen LogP contribution is 2.21. The second-order valence-corrected chi connectivity index (χ2v) is 4.77. The maximum Gasteiger partial charge on any atom is 0.194 e. The first kappa shape index (κ1) is 12.8. The van der Waals surface area contributed by atoms with Crippen molar-refractivity contribution in [1.29, 1.82) is 0 Å². The third-order valence-electron chi connectivity index (χ3n) is 3.30. The van der Waals surface area contributed by atoms with Crippen molar-refractivity contribution in [2.75, 3.05) is 6.54 Å². The Labute approximate surface area is 117 Å². The summed E-state index contributed by atoms with van der Waals surface area (Å²) < 4.78 is 2.18. The zero-order valence-corrected chi connectivity index (χ0v) is 11.7. The molecule has 0 saturated carbocycles. The zero-order valence-electron chi connectivity index (χ0n) is 11.7. The highest BCUT2D eigenvalue weighted by molar-refractivity contribution is 5.84. The molecular formula is C14H18N6. The molecule has 0 atom stereocenters. The molecule has 3 aromatic rings. The van der Waals surface area contributed by atoms with Crippen LogP contribution in [-0.2, 0) is 20.1 Å². The third-order valence-corrected chi connectivity index (χ3v) is 3.30. The number of aryl methyl sites for hydroxylation is 1. The van der Waals surface area contributed by atoms with E-state index in [9.17, 15) is 0 Å². The Kier molecular flexibility index (Phi) is 3.47. The minimum absolute atomic E-state index is 0.639. The smallest absolute Gasteiger partial charge is 0.194 e. The number of benzene rings is 1. The van der Waals surface area contributed by atoms with Crippen LogP contribution < -0.4 is 5.32 Å². The lowest BCUT2D eigenvalue weighted by Gasteiger charge is -2.00. The molecule has 104 valence electrons. The molecule has 3 rings (SSSR count). The number of hydrogen-bond acceptors (Lipinski definition) is 4. The molecule has 0 spiro atoms. The van der Waals surface area contributed by atoms with Crippen molar-refractivity contribution in [3.63, 3.8) is 0 Å². The summed E-state index contributed by atoms with van der Waals surface area (Å²) in [6.07, 6.45) is 2.17. The Hall–Kier alpha value is -2.21. The highest BCUT2D eigenvalue weighted by Gasteiger charge is 2.09. The van der Waals surface area contributed by atoms with Crippen molar-refractivity contribution in [3.05, 3.63) is 41.9 Å². The molecular weight excluding hydrogens is 252 g/mol. The van der Waals surface area contributed by atoms with Crippen LogP contribution in [-0.4, -0.2) is 31.3 Å². The molecule has 20 heavy (non-hydrogen) atoms. The molecule has 6 nitrogen and oxygen atoms in total. The quantitative estimate of drug-likeness (QED) is 0.759. The van der Waals surface area contributed by atoms with Crippen LogP contribution in [0.3, 0.4) is 0 Å². The second kappa shape index (κ2) is 5.42. The lowest BCUT2D eigenvalue weighted by atomic mass is 10.2. The van der Waals surface area contributed by atoms with Crippen molar-refractivity contribution in [2.45, 2.75) is 20.0 Å². The molecule has 0 saturated heterocycles. The molecule has 0 radical (unpaired) electrons. The van der Waals surface area contributed by atoms with Crippen LogP contribution in [0.15, 0.2) is 30.5 Å². The summed E-state index contributed by atoms with van der Waals surface area (Å²) in [5, 5.41) is 16.8. The van der Waals surface area contributed by atoms with Crippen LogP contribution >= 0.6 is 0 Å². The number of hydrogen-bond donors (Lipinski definition) is 1. The Bertz CT molecular complexity index is 711. The van der Waals surface area contributed by atoms with E-state index in [-0.39, 0.29) is 0 Å². The summed E-state index contributed by atoms with van der Waals surface area (Å²) in [7, 11) is 1.78. The van der Waals surface area contributed by atoms with Gasteiger partial charge in [-0.05, 0) is 23.4 Å². The average Bonchev–Trinajstić information content (AvgIpc) is 3.02. The first-order valence-corrected chi connectivity index (χ1v) is 6.78. The van der Waals surface area contributed by atoms with Gasteiger partial charge in [-0.25, -0.2) is 0 Å². The Morgan fingerprint density at radius 1 is 1.25 bits per heavy atom. The van der Waals surface area contributed by atoms with E-state index in [2.05, 4.69) is 62.7 Å². The van der Waals surface area contributed by atoms with Crippen molar-refractivity contribution in [3.8, 4) is 0 Å². The molecule has 1 aromatic carbocycles. The maximum absolute atomic E-state index is 4.24. The Balaban J connectivity index is 1.97. The van der Waals surface area contributed by atoms with Gasteiger partial charge in [0, 0.05) is 23.6 Å².